The van der Waals surface area contributed by atoms with Gasteiger partial charge in [0.15, 0.2) is 0 Å². The zero-order chi connectivity index (χ0) is 21.8. The molecule has 5 rings (SSSR count). The summed E-state index contributed by atoms with van der Waals surface area (Å²) >= 11 is 0. The van der Waals surface area contributed by atoms with Gasteiger partial charge in [0, 0.05) is 12.2 Å². The lowest BCUT2D eigenvalue weighted by Gasteiger charge is -2.38. The molecule has 1 heterocycles. The first-order chi connectivity index (χ1) is 15.8. The van der Waals surface area contributed by atoms with E-state index in [1.54, 1.807) is 12.1 Å². The molecule has 1 unspecified atom stereocenters. The molecule has 0 radical (unpaired) electrons. The highest BCUT2D eigenvalue weighted by molar-refractivity contribution is 5.86. The van der Waals surface area contributed by atoms with Crippen LogP contribution in [0.3, 0.4) is 0 Å². The Morgan fingerprint density at radius 2 is 1.50 bits per heavy atom. The Bertz CT molecular complexity index is 1260. The van der Waals surface area contributed by atoms with Gasteiger partial charge in [0.25, 0.3) is 0 Å². The van der Waals surface area contributed by atoms with Crippen LogP contribution in [0.25, 0.3) is 16.8 Å². The van der Waals surface area contributed by atoms with Gasteiger partial charge in [0.2, 0.25) is 0 Å². The zero-order valence-electron chi connectivity index (χ0n) is 18.1. The average molecular weight is 418 g/mol. The molecule has 0 saturated heterocycles. The van der Waals surface area contributed by atoms with Crippen molar-refractivity contribution in [2.75, 3.05) is 0 Å². The van der Waals surface area contributed by atoms with Crippen molar-refractivity contribution in [3.8, 4) is 5.75 Å². The minimum Gasteiger partial charge on any atom is -0.508 e. The minimum atomic E-state index is 0.302. The SMILES string of the molecule is Oc1ccc2cc(C=CC3=CCCC(c4ccccc4)N3Cc3ccccc3)ccc2c1. The first-order valence-electron chi connectivity index (χ1n) is 11.2. The van der Waals surface area contributed by atoms with Crippen LogP contribution in [0.2, 0.25) is 0 Å². The lowest BCUT2D eigenvalue weighted by Crippen LogP contribution is -2.29. The number of nitrogens with zero attached hydrogens (tertiary/aromatic N) is 1. The summed E-state index contributed by atoms with van der Waals surface area (Å²) in [6, 6.07) is 33.8. The molecule has 4 aromatic carbocycles. The van der Waals surface area contributed by atoms with Crippen LogP contribution in [-0.4, -0.2) is 10.0 Å². The summed E-state index contributed by atoms with van der Waals surface area (Å²) in [6.45, 7) is 0.883. The maximum atomic E-state index is 9.72. The predicted molar refractivity (Wildman–Crippen MR) is 133 cm³/mol. The van der Waals surface area contributed by atoms with Crippen LogP contribution in [0.5, 0.6) is 5.75 Å². The summed E-state index contributed by atoms with van der Waals surface area (Å²) in [5, 5.41) is 11.9. The number of phenols is 1. The van der Waals surface area contributed by atoms with Crippen LogP contribution in [0.1, 0.15) is 35.6 Å². The first-order valence-corrected chi connectivity index (χ1v) is 11.2. The Morgan fingerprint density at radius 3 is 2.31 bits per heavy atom. The quantitative estimate of drug-likeness (QED) is 0.364. The number of hydrogen-bond acceptors (Lipinski definition) is 2. The molecule has 1 N–H and O–H groups in total. The molecule has 0 fully saturated rings. The molecule has 0 amide bonds. The first kappa shape index (κ1) is 20.1. The van der Waals surface area contributed by atoms with E-state index in [0.29, 0.717) is 11.8 Å². The van der Waals surface area contributed by atoms with Crippen LogP contribution in [-0.2, 0) is 6.54 Å². The van der Waals surface area contributed by atoms with Gasteiger partial charge in [-0.05, 0) is 64.6 Å². The summed E-state index contributed by atoms with van der Waals surface area (Å²) in [4.78, 5) is 2.53. The third kappa shape index (κ3) is 4.45. The van der Waals surface area contributed by atoms with Crippen LogP contribution >= 0.6 is 0 Å². The van der Waals surface area contributed by atoms with Crippen molar-refractivity contribution in [1.29, 1.82) is 0 Å². The van der Waals surface area contributed by atoms with E-state index in [-0.39, 0.29) is 0 Å². The van der Waals surface area contributed by atoms with Gasteiger partial charge >= 0.3 is 0 Å². The van der Waals surface area contributed by atoms with E-state index in [2.05, 4.69) is 102 Å². The van der Waals surface area contributed by atoms with Gasteiger partial charge in [-0.2, -0.15) is 0 Å². The van der Waals surface area contributed by atoms with Gasteiger partial charge in [0.05, 0.1) is 6.04 Å². The van der Waals surface area contributed by atoms with Crippen LogP contribution in [0.4, 0.5) is 0 Å². The number of aromatic hydroxyl groups is 1. The number of rotatable bonds is 5. The molecule has 0 spiro atoms. The van der Waals surface area contributed by atoms with E-state index in [1.807, 2.05) is 6.07 Å². The predicted octanol–water partition coefficient (Wildman–Crippen LogP) is 7.48. The highest BCUT2D eigenvalue weighted by Gasteiger charge is 2.24. The molecule has 0 aliphatic carbocycles. The molecule has 2 heteroatoms. The lowest BCUT2D eigenvalue weighted by atomic mass is 9.94. The van der Waals surface area contributed by atoms with E-state index in [9.17, 15) is 5.11 Å². The molecule has 2 nitrogen and oxygen atoms in total. The van der Waals surface area contributed by atoms with E-state index in [4.69, 9.17) is 0 Å². The molecular formula is C30H27NO. The van der Waals surface area contributed by atoms with E-state index in [0.717, 1.165) is 35.7 Å². The Labute approximate surface area is 189 Å². The van der Waals surface area contributed by atoms with Crippen molar-refractivity contribution in [2.45, 2.75) is 25.4 Å². The van der Waals surface area contributed by atoms with Gasteiger partial charge in [-0.15, -0.1) is 0 Å². The second-order valence-electron chi connectivity index (χ2n) is 8.37. The standard InChI is InChI=1S/C30H27NO/c32-29-19-17-26-20-23(14-16-27(26)21-29)15-18-28-12-7-13-30(25-10-5-2-6-11-25)31(28)22-24-8-3-1-4-9-24/h1-6,8-12,14-21,30,32H,7,13,22H2. The highest BCUT2D eigenvalue weighted by Crippen LogP contribution is 2.35. The number of benzene rings is 4. The Hall–Kier alpha value is -3.78. The Kier molecular flexibility index (Phi) is 5.76. The molecule has 158 valence electrons. The summed E-state index contributed by atoms with van der Waals surface area (Å²) < 4.78 is 0. The second-order valence-corrected chi connectivity index (χ2v) is 8.37. The third-order valence-electron chi connectivity index (χ3n) is 6.18. The summed E-state index contributed by atoms with van der Waals surface area (Å²) in [5.74, 6) is 0.302. The Morgan fingerprint density at radius 1 is 0.781 bits per heavy atom. The van der Waals surface area contributed by atoms with Crippen LogP contribution < -0.4 is 0 Å². The molecule has 0 saturated carbocycles. The summed E-state index contributed by atoms with van der Waals surface area (Å²) in [5.41, 5.74) is 5.11. The Balaban J connectivity index is 1.46. The molecule has 0 aromatic heterocycles. The fourth-order valence-electron chi connectivity index (χ4n) is 4.55. The largest absolute Gasteiger partial charge is 0.508 e. The third-order valence-corrected chi connectivity index (χ3v) is 6.18. The number of allylic oxidation sites excluding steroid dienone is 2. The average Bonchev–Trinajstić information content (AvgIpc) is 2.84. The minimum absolute atomic E-state index is 0.302. The second kappa shape index (κ2) is 9.15. The van der Waals surface area contributed by atoms with Crippen molar-refractivity contribution >= 4 is 16.8 Å². The fraction of sp³-hybridized carbons (Fsp3) is 0.133. The monoisotopic (exact) mass is 417 g/mol. The van der Waals surface area contributed by atoms with Crippen molar-refractivity contribution in [1.82, 2.24) is 4.90 Å². The number of phenolic OH excluding ortho intramolecular Hbond substituents is 1. The van der Waals surface area contributed by atoms with Crippen LogP contribution in [0.15, 0.2) is 115 Å². The van der Waals surface area contributed by atoms with E-state index in [1.165, 1.54) is 16.8 Å². The van der Waals surface area contributed by atoms with Crippen molar-refractivity contribution < 1.29 is 5.11 Å². The van der Waals surface area contributed by atoms with E-state index >= 15 is 0 Å². The molecule has 0 bridgehead atoms. The van der Waals surface area contributed by atoms with Gasteiger partial charge < -0.3 is 10.0 Å². The molecular weight excluding hydrogens is 390 g/mol. The fourth-order valence-corrected chi connectivity index (χ4v) is 4.55. The number of fused-ring (bicyclic) bond motifs is 1. The smallest absolute Gasteiger partial charge is 0.116 e. The molecule has 4 aromatic rings. The summed E-state index contributed by atoms with van der Waals surface area (Å²) in [6.07, 6.45) is 9.00. The number of hydrogen-bond donors (Lipinski definition) is 1. The topological polar surface area (TPSA) is 23.5 Å². The van der Waals surface area contributed by atoms with E-state index < -0.39 is 0 Å². The zero-order valence-corrected chi connectivity index (χ0v) is 18.1. The van der Waals surface area contributed by atoms with Gasteiger partial charge in [0.1, 0.15) is 5.75 Å². The summed E-state index contributed by atoms with van der Waals surface area (Å²) in [7, 11) is 0. The maximum Gasteiger partial charge on any atom is 0.116 e. The van der Waals surface area contributed by atoms with Gasteiger partial charge in [-0.25, -0.2) is 0 Å². The van der Waals surface area contributed by atoms with Crippen molar-refractivity contribution in [2.24, 2.45) is 0 Å². The van der Waals surface area contributed by atoms with Crippen LogP contribution in [0, 0.1) is 0 Å². The van der Waals surface area contributed by atoms with Crippen molar-refractivity contribution in [3.05, 3.63) is 132 Å². The normalized spacial score (nSPS) is 16.4. The van der Waals surface area contributed by atoms with Gasteiger partial charge in [-0.1, -0.05) is 91.0 Å². The maximum absolute atomic E-state index is 9.72. The molecule has 1 aliphatic rings. The van der Waals surface area contributed by atoms with Crippen molar-refractivity contribution in [3.63, 3.8) is 0 Å². The molecule has 1 atom stereocenters. The van der Waals surface area contributed by atoms with Gasteiger partial charge in [-0.3, -0.25) is 0 Å². The molecule has 32 heavy (non-hydrogen) atoms. The lowest BCUT2D eigenvalue weighted by molar-refractivity contribution is 0.228. The highest BCUT2D eigenvalue weighted by atomic mass is 16.3. The molecule has 1 aliphatic heterocycles.